The number of esters is 2. The van der Waals surface area contributed by atoms with Crippen molar-refractivity contribution in [3.05, 3.63) is 87.7 Å². The van der Waals surface area contributed by atoms with E-state index in [1.807, 2.05) is 62.4 Å². The van der Waals surface area contributed by atoms with Crippen molar-refractivity contribution in [3.8, 4) is 11.1 Å². The molecule has 0 aliphatic heterocycles. The van der Waals surface area contributed by atoms with Crippen LogP contribution < -0.4 is 5.73 Å². The van der Waals surface area contributed by atoms with Crippen molar-refractivity contribution < 1.29 is 19.1 Å². The normalized spacial score (nSPS) is 10.9. The summed E-state index contributed by atoms with van der Waals surface area (Å²) < 4.78 is 10.4. The first-order chi connectivity index (χ1) is 16.7. The number of nitrogens with two attached hydrogens (primary N) is 1. The van der Waals surface area contributed by atoms with Crippen LogP contribution in [0.2, 0.25) is 0 Å². The van der Waals surface area contributed by atoms with E-state index < -0.39 is 5.97 Å². The van der Waals surface area contributed by atoms with Gasteiger partial charge in [-0.25, -0.2) is 4.79 Å². The fraction of sp³-hybridized carbons (Fsp3) is 0.345. The van der Waals surface area contributed by atoms with Gasteiger partial charge >= 0.3 is 11.9 Å². The van der Waals surface area contributed by atoms with Gasteiger partial charge in [-0.15, -0.1) is 0 Å². The lowest BCUT2D eigenvalue weighted by Gasteiger charge is -2.20. The van der Waals surface area contributed by atoms with Crippen LogP contribution in [-0.2, 0) is 40.3 Å². The second kappa shape index (κ2) is 11.8. The van der Waals surface area contributed by atoms with Crippen LogP contribution in [0.15, 0.2) is 48.5 Å². The maximum absolute atomic E-state index is 13.4. The SMILES string of the molecule is COC(=O)Cc1ccc(COC(=O)c2c(C)nc(CC(C)C)c(CN)c2-c2ccc(C)cc2)cc1. The maximum atomic E-state index is 13.4. The summed E-state index contributed by atoms with van der Waals surface area (Å²) in [6.45, 7) is 8.54. The lowest BCUT2D eigenvalue weighted by atomic mass is 9.90. The molecule has 0 amide bonds. The second-order valence-corrected chi connectivity index (χ2v) is 9.19. The Labute approximate surface area is 207 Å². The first kappa shape index (κ1) is 26.1. The number of benzene rings is 2. The average molecular weight is 475 g/mol. The zero-order valence-electron chi connectivity index (χ0n) is 21.2. The third-order valence-corrected chi connectivity index (χ3v) is 5.88. The van der Waals surface area contributed by atoms with Gasteiger partial charge in [0.1, 0.15) is 6.61 Å². The molecule has 0 saturated heterocycles. The minimum atomic E-state index is -0.435. The number of aromatic nitrogens is 1. The number of nitrogens with zero attached hydrogens (tertiary/aromatic N) is 1. The van der Waals surface area contributed by atoms with Crippen molar-refractivity contribution in [1.82, 2.24) is 4.98 Å². The van der Waals surface area contributed by atoms with Gasteiger partial charge in [0, 0.05) is 17.8 Å². The largest absolute Gasteiger partial charge is 0.469 e. The number of rotatable bonds is 9. The molecule has 1 aromatic heterocycles. The highest BCUT2D eigenvalue weighted by molar-refractivity contribution is 5.99. The standard InChI is InChI=1S/C29H34N2O4/c1-18(2)14-25-24(16-30)28(23-12-6-19(3)7-13-23)27(20(4)31-25)29(33)35-17-22-10-8-21(9-11-22)15-26(32)34-5/h6-13,18H,14-17,30H2,1-5H3. The van der Waals surface area contributed by atoms with Gasteiger partial charge in [0.2, 0.25) is 0 Å². The Hall–Kier alpha value is -3.51. The molecule has 3 aromatic rings. The Kier molecular flexibility index (Phi) is 8.77. The number of aryl methyl sites for hydroxylation is 2. The summed E-state index contributed by atoms with van der Waals surface area (Å²) >= 11 is 0. The first-order valence-electron chi connectivity index (χ1n) is 11.8. The number of methoxy groups -OCH3 is 1. The molecular weight excluding hydrogens is 440 g/mol. The van der Waals surface area contributed by atoms with E-state index in [-0.39, 0.29) is 25.5 Å². The highest BCUT2D eigenvalue weighted by Crippen LogP contribution is 2.33. The van der Waals surface area contributed by atoms with E-state index in [1.54, 1.807) is 0 Å². The summed E-state index contributed by atoms with van der Waals surface area (Å²) in [7, 11) is 1.36. The lowest BCUT2D eigenvalue weighted by Crippen LogP contribution is -2.17. The summed E-state index contributed by atoms with van der Waals surface area (Å²) in [5.41, 5.74) is 13.6. The van der Waals surface area contributed by atoms with E-state index in [2.05, 4.69) is 13.8 Å². The molecule has 6 nitrogen and oxygen atoms in total. The molecule has 0 spiro atoms. The Bertz CT molecular complexity index is 1180. The molecule has 2 aromatic carbocycles. The summed E-state index contributed by atoms with van der Waals surface area (Å²) in [5, 5.41) is 0. The molecule has 0 bridgehead atoms. The second-order valence-electron chi connectivity index (χ2n) is 9.19. The Morgan fingerprint density at radius 3 is 2.17 bits per heavy atom. The molecule has 0 atom stereocenters. The van der Waals surface area contributed by atoms with Gasteiger partial charge in [0.05, 0.1) is 24.8 Å². The van der Waals surface area contributed by atoms with Gasteiger partial charge in [0.25, 0.3) is 0 Å². The van der Waals surface area contributed by atoms with Gasteiger partial charge in [-0.05, 0) is 48.4 Å². The first-order valence-corrected chi connectivity index (χ1v) is 11.8. The highest BCUT2D eigenvalue weighted by Gasteiger charge is 2.24. The van der Waals surface area contributed by atoms with E-state index in [1.165, 1.54) is 7.11 Å². The van der Waals surface area contributed by atoms with Crippen molar-refractivity contribution in [2.75, 3.05) is 7.11 Å². The maximum Gasteiger partial charge on any atom is 0.340 e. The predicted molar refractivity (Wildman–Crippen MR) is 137 cm³/mol. The molecule has 2 N–H and O–H groups in total. The third-order valence-electron chi connectivity index (χ3n) is 5.88. The van der Waals surface area contributed by atoms with Gasteiger partial charge in [-0.2, -0.15) is 0 Å². The van der Waals surface area contributed by atoms with Crippen LogP contribution in [0.4, 0.5) is 0 Å². The fourth-order valence-electron chi connectivity index (χ4n) is 4.08. The number of hydrogen-bond acceptors (Lipinski definition) is 6. The van der Waals surface area contributed by atoms with Crippen LogP contribution in [0.25, 0.3) is 11.1 Å². The van der Waals surface area contributed by atoms with Gasteiger partial charge in [-0.1, -0.05) is 67.9 Å². The average Bonchev–Trinajstić information content (AvgIpc) is 2.83. The molecule has 1 heterocycles. The molecule has 184 valence electrons. The summed E-state index contributed by atoms with van der Waals surface area (Å²) in [6, 6.07) is 15.4. The molecule has 0 radical (unpaired) electrons. The predicted octanol–water partition coefficient (Wildman–Crippen LogP) is 5.10. The Balaban J connectivity index is 1.94. The molecular formula is C29H34N2O4. The summed E-state index contributed by atoms with van der Waals surface area (Å²) in [6.07, 6.45) is 0.978. The zero-order chi connectivity index (χ0) is 25.5. The number of pyridine rings is 1. The zero-order valence-corrected chi connectivity index (χ0v) is 21.2. The van der Waals surface area contributed by atoms with Crippen LogP contribution in [0.1, 0.15) is 57.8 Å². The van der Waals surface area contributed by atoms with Gasteiger partial charge in [0.15, 0.2) is 0 Å². The lowest BCUT2D eigenvalue weighted by molar-refractivity contribution is -0.139. The van der Waals surface area contributed by atoms with Crippen LogP contribution in [0, 0.1) is 19.8 Å². The van der Waals surface area contributed by atoms with E-state index in [4.69, 9.17) is 20.2 Å². The molecule has 0 aliphatic rings. The third kappa shape index (κ3) is 6.55. The van der Waals surface area contributed by atoms with E-state index in [0.29, 0.717) is 17.2 Å². The number of carbonyl (C=O) groups excluding carboxylic acids is 2. The molecule has 0 aliphatic carbocycles. The highest BCUT2D eigenvalue weighted by atomic mass is 16.5. The smallest absolute Gasteiger partial charge is 0.340 e. The van der Waals surface area contributed by atoms with Crippen molar-refractivity contribution in [2.45, 2.75) is 53.7 Å². The molecule has 0 saturated carbocycles. The topological polar surface area (TPSA) is 91.5 Å². The number of carbonyl (C=O) groups is 2. The van der Waals surface area contributed by atoms with Crippen molar-refractivity contribution in [1.29, 1.82) is 0 Å². The summed E-state index contributed by atoms with van der Waals surface area (Å²) in [5.74, 6) is -0.333. The van der Waals surface area contributed by atoms with Gasteiger partial charge < -0.3 is 15.2 Å². The van der Waals surface area contributed by atoms with Crippen LogP contribution in [-0.4, -0.2) is 24.0 Å². The monoisotopic (exact) mass is 474 g/mol. The molecule has 3 rings (SSSR count). The van der Waals surface area contributed by atoms with E-state index in [9.17, 15) is 9.59 Å². The quantitative estimate of drug-likeness (QED) is 0.434. The van der Waals surface area contributed by atoms with Crippen LogP contribution in [0.3, 0.4) is 0 Å². The molecule has 6 heteroatoms. The summed E-state index contributed by atoms with van der Waals surface area (Å²) in [4.78, 5) is 29.6. The molecule has 0 fully saturated rings. The van der Waals surface area contributed by atoms with Crippen molar-refractivity contribution >= 4 is 11.9 Å². The molecule has 35 heavy (non-hydrogen) atoms. The number of hydrogen-bond donors (Lipinski definition) is 1. The fourth-order valence-corrected chi connectivity index (χ4v) is 4.08. The Morgan fingerprint density at radius 1 is 0.971 bits per heavy atom. The van der Waals surface area contributed by atoms with E-state index >= 15 is 0 Å². The molecule has 0 unspecified atom stereocenters. The van der Waals surface area contributed by atoms with Gasteiger partial charge in [-0.3, -0.25) is 9.78 Å². The minimum absolute atomic E-state index is 0.107. The van der Waals surface area contributed by atoms with Crippen molar-refractivity contribution in [3.63, 3.8) is 0 Å². The van der Waals surface area contributed by atoms with Crippen molar-refractivity contribution in [2.24, 2.45) is 11.7 Å². The van der Waals surface area contributed by atoms with E-state index in [0.717, 1.165) is 45.5 Å². The van der Waals surface area contributed by atoms with Crippen LogP contribution >= 0.6 is 0 Å². The minimum Gasteiger partial charge on any atom is -0.469 e. The Morgan fingerprint density at radius 2 is 1.60 bits per heavy atom. The number of ether oxygens (including phenoxy) is 2. The van der Waals surface area contributed by atoms with Crippen LogP contribution in [0.5, 0.6) is 0 Å².